The zero-order valence-electron chi connectivity index (χ0n) is 13.6. The lowest BCUT2D eigenvalue weighted by molar-refractivity contribution is -0.121. The summed E-state index contributed by atoms with van der Waals surface area (Å²) < 4.78 is 0. The van der Waals surface area contributed by atoms with Gasteiger partial charge >= 0.3 is 5.97 Å². The van der Waals surface area contributed by atoms with E-state index in [1.807, 2.05) is 6.07 Å². The average molecular weight is 303 g/mol. The van der Waals surface area contributed by atoms with Crippen LogP contribution in [0.5, 0.6) is 0 Å². The van der Waals surface area contributed by atoms with E-state index in [1.54, 1.807) is 12.1 Å². The lowest BCUT2D eigenvalue weighted by atomic mass is 9.65. The van der Waals surface area contributed by atoms with Gasteiger partial charge in [0.1, 0.15) is 0 Å². The molecule has 1 atom stereocenters. The van der Waals surface area contributed by atoms with E-state index in [0.717, 1.165) is 43.5 Å². The van der Waals surface area contributed by atoms with Crippen molar-refractivity contribution in [2.75, 3.05) is 20.1 Å². The zero-order chi connectivity index (χ0) is 16.1. The number of nitrogens with zero attached hydrogens (tertiary/aromatic N) is 1. The Kier molecular flexibility index (Phi) is 3.57. The maximum Gasteiger partial charge on any atom is 0.335 e. The first-order chi connectivity index (χ1) is 10.3. The van der Waals surface area contributed by atoms with Crippen molar-refractivity contribution in [1.29, 1.82) is 0 Å². The van der Waals surface area contributed by atoms with E-state index >= 15 is 0 Å². The van der Waals surface area contributed by atoms with Crippen molar-refractivity contribution < 1.29 is 15.0 Å². The van der Waals surface area contributed by atoms with Crippen LogP contribution in [-0.4, -0.2) is 41.2 Å². The number of aromatic carboxylic acids is 1. The highest BCUT2D eigenvalue weighted by atomic mass is 16.4. The van der Waals surface area contributed by atoms with Crippen LogP contribution in [0.1, 0.15) is 48.2 Å². The first-order valence-electron chi connectivity index (χ1n) is 8.03. The summed E-state index contributed by atoms with van der Waals surface area (Å²) in [6.45, 7) is 6.17. The molecule has 4 heteroatoms. The second-order valence-corrected chi connectivity index (χ2v) is 7.58. The Morgan fingerprint density at radius 2 is 1.91 bits per heavy atom. The summed E-state index contributed by atoms with van der Waals surface area (Å²) in [6.07, 6.45) is 2.70. The van der Waals surface area contributed by atoms with Crippen LogP contribution in [0.3, 0.4) is 0 Å². The Balaban J connectivity index is 2.06. The normalized spacial score (nSPS) is 28.5. The first-order valence-corrected chi connectivity index (χ1v) is 8.03. The fourth-order valence-electron chi connectivity index (χ4n) is 4.39. The van der Waals surface area contributed by atoms with E-state index in [-0.39, 0.29) is 16.9 Å². The maximum atomic E-state index is 11.7. The van der Waals surface area contributed by atoms with Crippen LogP contribution in [0, 0.1) is 11.3 Å². The molecule has 1 heterocycles. The Morgan fingerprint density at radius 3 is 2.50 bits per heavy atom. The third-order valence-corrected chi connectivity index (χ3v) is 5.74. The number of aliphatic hydroxyl groups is 1. The molecule has 0 saturated carbocycles. The van der Waals surface area contributed by atoms with Crippen molar-refractivity contribution in [2.45, 2.75) is 38.7 Å². The number of carboxylic acid groups (broad SMARTS) is 1. The van der Waals surface area contributed by atoms with E-state index in [1.165, 1.54) is 0 Å². The minimum absolute atomic E-state index is 0.184. The van der Waals surface area contributed by atoms with Gasteiger partial charge in [-0.3, -0.25) is 0 Å². The van der Waals surface area contributed by atoms with Crippen LogP contribution in [0.2, 0.25) is 0 Å². The molecule has 0 bridgehead atoms. The second kappa shape index (κ2) is 5.07. The summed E-state index contributed by atoms with van der Waals surface area (Å²) in [5, 5.41) is 21.0. The molecule has 1 aliphatic heterocycles. The van der Waals surface area contributed by atoms with Crippen LogP contribution in [-0.2, 0) is 12.0 Å². The van der Waals surface area contributed by atoms with Crippen LogP contribution < -0.4 is 0 Å². The second-order valence-electron chi connectivity index (χ2n) is 7.58. The number of rotatable bonds is 2. The Hall–Kier alpha value is -1.39. The molecule has 1 aliphatic carbocycles. The van der Waals surface area contributed by atoms with Crippen molar-refractivity contribution in [2.24, 2.45) is 11.3 Å². The molecule has 1 aromatic carbocycles. The fourth-order valence-corrected chi connectivity index (χ4v) is 4.39. The third-order valence-electron chi connectivity index (χ3n) is 5.74. The van der Waals surface area contributed by atoms with Gasteiger partial charge in [-0.2, -0.15) is 0 Å². The summed E-state index contributed by atoms with van der Waals surface area (Å²) in [5.74, 6) is -0.748. The molecule has 1 aromatic rings. The summed E-state index contributed by atoms with van der Waals surface area (Å²) in [5.41, 5.74) is 0.994. The number of hydrogen-bond acceptors (Lipinski definition) is 3. The molecule has 1 unspecified atom stereocenters. The molecule has 1 fully saturated rings. The highest BCUT2D eigenvalue weighted by Gasteiger charge is 2.55. The maximum absolute atomic E-state index is 11.7. The van der Waals surface area contributed by atoms with Crippen molar-refractivity contribution in [1.82, 2.24) is 4.90 Å². The molecule has 0 spiro atoms. The quantitative estimate of drug-likeness (QED) is 0.881. The Labute approximate surface area is 131 Å². The van der Waals surface area contributed by atoms with Crippen LogP contribution in [0.15, 0.2) is 18.2 Å². The van der Waals surface area contributed by atoms with Gasteiger partial charge in [-0.05, 0) is 68.6 Å². The van der Waals surface area contributed by atoms with Crippen molar-refractivity contribution in [3.05, 3.63) is 34.9 Å². The van der Waals surface area contributed by atoms with Crippen molar-refractivity contribution >= 4 is 5.97 Å². The van der Waals surface area contributed by atoms with Crippen molar-refractivity contribution in [3.63, 3.8) is 0 Å². The predicted molar refractivity (Wildman–Crippen MR) is 85.0 cm³/mol. The predicted octanol–water partition coefficient (Wildman–Crippen LogP) is 2.50. The molecular weight excluding hydrogens is 278 g/mol. The molecule has 3 rings (SSSR count). The van der Waals surface area contributed by atoms with Gasteiger partial charge in [0.15, 0.2) is 0 Å². The van der Waals surface area contributed by atoms with Gasteiger partial charge in [-0.15, -0.1) is 0 Å². The minimum atomic E-state index is -0.935. The molecule has 2 N–H and O–H groups in total. The van der Waals surface area contributed by atoms with Gasteiger partial charge in [0.05, 0.1) is 11.2 Å². The highest BCUT2D eigenvalue weighted by Crippen LogP contribution is 2.56. The third kappa shape index (κ3) is 2.17. The van der Waals surface area contributed by atoms with E-state index in [9.17, 15) is 15.0 Å². The van der Waals surface area contributed by atoms with E-state index in [2.05, 4.69) is 25.8 Å². The number of fused-ring (bicyclic) bond motifs is 1. The summed E-state index contributed by atoms with van der Waals surface area (Å²) in [4.78, 5) is 13.6. The molecule has 2 aliphatic rings. The number of likely N-dealkylation sites (tertiary alicyclic amines) is 1. The number of carbonyl (C=O) groups is 1. The van der Waals surface area contributed by atoms with Crippen molar-refractivity contribution in [3.8, 4) is 0 Å². The molecule has 4 nitrogen and oxygen atoms in total. The summed E-state index contributed by atoms with van der Waals surface area (Å²) in [6, 6.07) is 5.23. The molecule has 120 valence electrons. The Bertz CT molecular complexity index is 602. The summed E-state index contributed by atoms with van der Waals surface area (Å²) >= 11 is 0. The SMILES string of the molecule is CN1CCC(C2(O)c3cc(C(=O)O)ccc3CC2(C)C)CC1. The van der Waals surface area contributed by atoms with Gasteiger partial charge in [-0.1, -0.05) is 19.9 Å². The Morgan fingerprint density at radius 1 is 1.27 bits per heavy atom. The van der Waals surface area contributed by atoms with E-state index < -0.39 is 11.6 Å². The summed E-state index contributed by atoms with van der Waals surface area (Å²) in [7, 11) is 2.11. The first kappa shape index (κ1) is 15.5. The van der Waals surface area contributed by atoms with Crippen LogP contribution in [0.4, 0.5) is 0 Å². The fraction of sp³-hybridized carbons (Fsp3) is 0.611. The number of hydrogen-bond donors (Lipinski definition) is 2. The molecule has 1 saturated heterocycles. The number of piperidine rings is 1. The lowest BCUT2D eigenvalue weighted by Crippen LogP contribution is -2.49. The van der Waals surface area contributed by atoms with E-state index in [4.69, 9.17) is 0 Å². The smallest absolute Gasteiger partial charge is 0.335 e. The molecule has 0 amide bonds. The van der Waals surface area contributed by atoms with Gasteiger partial charge in [0, 0.05) is 5.41 Å². The van der Waals surface area contributed by atoms with Gasteiger partial charge < -0.3 is 15.1 Å². The monoisotopic (exact) mass is 303 g/mol. The van der Waals surface area contributed by atoms with E-state index in [0.29, 0.717) is 0 Å². The lowest BCUT2D eigenvalue weighted by Gasteiger charge is -2.46. The average Bonchev–Trinajstić information content (AvgIpc) is 2.66. The molecular formula is C18H25NO3. The topological polar surface area (TPSA) is 60.8 Å². The van der Waals surface area contributed by atoms with Gasteiger partial charge in [0.2, 0.25) is 0 Å². The van der Waals surface area contributed by atoms with Crippen LogP contribution in [0.25, 0.3) is 0 Å². The standard InChI is InChI=1S/C18H25NO3/c1-17(2)11-13-5-4-12(16(20)21)10-15(13)18(17,22)14-6-8-19(3)9-7-14/h4-5,10,14,22H,6-9,11H2,1-3H3,(H,20,21). The molecule has 22 heavy (non-hydrogen) atoms. The molecule has 0 aromatic heterocycles. The minimum Gasteiger partial charge on any atom is -0.478 e. The molecule has 0 radical (unpaired) electrons. The number of carboxylic acids is 1. The van der Waals surface area contributed by atoms with Gasteiger partial charge in [0.25, 0.3) is 0 Å². The van der Waals surface area contributed by atoms with Gasteiger partial charge in [-0.25, -0.2) is 4.79 Å². The zero-order valence-corrected chi connectivity index (χ0v) is 13.6. The largest absolute Gasteiger partial charge is 0.478 e. The number of benzene rings is 1. The van der Waals surface area contributed by atoms with Crippen LogP contribution >= 0.6 is 0 Å². The highest BCUT2D eigenvalue weighted by molar-refractivity contribution is 5.88.